The summed E-state index contributed by atoms with van der Waals surface area (Å²) in [4.78, 5) is 35.0. The number of hydrogen-bond acceptors (Lipinski definition) is 8. The van der Waals surface area contributed by atoms with E-state index in [2.05, 4.69) is 62.5 Å². The van der Waals surface area contributed by atoms with E-state index in [4.69, 9.17) is 24.3 Å². The Kier molecular flexibility index (Phi) is 45.9. The van der Waals surface area contributed by atoms with Crippen molar-refractivity contribution in [1.82, 2.24) is 0 Å². The fourth-order valence-electron chi connectivity index (χ4n) is 6.92. The Bertz CT molecular complexity index is 1140. The van der Waals surface area contributed by atoms with Crippen LogP contribution in [0.2, 0.25) is 0 Å². The molecule has 0 aliphatic rings. The zero-order valence-corrected chi connectivity index (χ0v) is 40.3. The van der Waals surface area contributed by atoms with Gasteiger partial charge in [-0.2, -0.15) is 0 Å². The fraction of sp³-hybridized carbons (Fsp3) is 0.804. The van der Waals surface area contributed by atoms with Crippen LogP contribution in [0, 0.1) is 0 Å². The van der Waals surface area contributed by atoms with Crippen molar-refractivity contribution in [1.29, 1.82) is 0 Å². The summed E-state index contributed by atoms with van der Waals surface area (Å²) in [7, 11) is -4.39. The summed E-state index contributed by atoms with van der Waals surface area (Å²) in [5, 5.41) is 0. The lowest BCUT2D eigenvalue weighted by Gasteiger charge is -2.19. The number of carbonyl (C=O) groups excluding carboxylic acids is 2. The topological polar surface area (TPSA) is 134 Å². The minimum Gasteiger partial charge on any atom is -0.462 e. The molecule has 1 unspecified atom stereocenters. The molecule has 2 atom stereocenters. The smallest absolute Gasteiger partial charge is 0.462 e. The van der Waals surface area contributed by atoms with E-state index in [1.165, 1.54) is 135 Å². The van der Waals surface area contributed by atoms with Crippen molar-refractivity contribution >= 4 is 19.8 Å². The van der Waals surface area contributed by atoms with E-state index >= 15 is 0 Å². The van der Waals surface area contributed by atoms with Crippen LogP contribution in [0.1, 0.15) is 232 Å². The highest BCUT2D eigenvalue weighted by Crippen LogP contribution is 2.43. The van der Waals surface area contributed by atoms with Gasteiger partial charge in [-0.1, -0.05) is 191 Å². The second kappa shape index (κ2) is 47.4. The molecule has 0 aromatic rings. The molecule has 3 N–H and O–H groups in total. The molecule has 356 valence electrons. The van der Waals surface area contributed by atoms with Crippen LogP contribution in [-0.4, -0.2) is 49.3 Å². The molecule has 0 bridgehead atoms. The first kappa shape index (κ1) is 59.0. The standard InChI is InChI=1S/C51H94NO8P/c1-3-5-7-9-11-13-15-17-19-21-22-23-24-25-26-28-30-32-34-36-38-40-42-44-51(54)60-49(48-59-61(55,56)58-46-45-52)47-57-50(53)43-41-39-37-35-33-31-29-27-20-18-16-14-12-10-8-6-4-2/h12,14,18,20,28,30,36,38,49H,3-11,13,15-17,19,21-27,29,31-35,37,39-48,52H2,1-2H3,(H,55,56)/b14-12+,20-18+,30-28+,38-36+/t49-/m1/s1. The minimum absolute atomic E-state index is 0.0455. The summed E-state index contributed by atoms with van der Waals surface area (Å²) in [5.41, 5.74) is 5.36. The van der Waals surface area contributed by atoms with Crippen LogP contribution in [0.25, 0.3) is 0 Å². The molecule has 0 amide bonds. The number of ether oxygens (including phenoxy) is 2. The highest BCUT2D eigenvalue weighted by Gasteiger charge is 2.26. The molecule has 0 rings (SSSR count). The molecule has 0 saturated heterocycles. The van der Waals surface area contributed by atoms with Crippen molar-refractivity contribution < 1.29 is 37.6 Å². The molecule has 0 fully saturated rings. The van der Waals surface area contributed by atoms with Crippen LogP contribution in [0.4, 0.5) is 0 Å². The van der Waals surface area contributed by atoms with E-state index in [1.807, 2.05) is 0 Å². The van der Waals surface area contributed by atoms with Gasteiger partial charge in [-0.15, -0.1) is 0 Å². The Labute approximate surface area is 375 Å². The van der Waals surface area contributed by atoms with Crippen LogP contribution >= 0.6 is 7.82 Å². The maximum absolute atomic E-state index is 12.6. The van der Waals surface area contributed by atoms with E-state index in [9.17, 15) is 19.0 Å². The Morgan fingerprint density at radius 1 is 0.492 bits per heavy atom. The lowest BCUT2D eigenvalue weighted by Crippen LogP contribution is -2.29. The van der Waals surface area contributed by atoms with Crippen molar-refractivity contribution in [3.63, 3.8) is 0 Å². The number of unbranched alkanes of at least 4 members (excludes halogenated alkanes) is 26. The van der Waals surface area contributed by atoms with Crippen molar-refractivity contribution in [2.45, 2.75) is 238 Å². The SMILES string of the molecule is CCCCC/C=C/C/C=C/CCCCCCCCCC(=O)OC[C@H](COP(=O)(O)OCCN)OC(=O)CCC/C=C/CC/C=C/CCCCCCCCCCCCCCCC. The van der Waals surface area contributed by atoms with Gasteiger partial charge in [-0.05, 0) is 77.0 Å². The zero-order valence-electron chi connectivity index (χ0n) is 39.4. The molecule has 9 nitrogen and oxygen atoms in total. The number of phosphoric ester groups is 1. The first-order valence-corrected chi connectivity index (χ1v) is 26.6. The van der Waals surface area contributed by atoms with Gasteiger partial charge >= 0.3 is 19.8 Å². The first-order valence-electron chi connectivity index (χ1n) is 25.1. The zero-order chi connectivity index (χ0) is 44.6. The van der Waals surface area contributed by atoms with E-state index in [0.29, 0.717) is 6.42 Å². The predicted molar refractivity (Wildman–Crippen MR) is 257 cm³/mol. The van der Waals surface area contributed by atoms with Gasteiger partial charge in [0, 0.05) is 19.4 Å². The molecule has 0 aliphatic carbocycles. The molecule has 0 heterocycles. The Morgan fingerprint density at radius 2 is 0.885 bits per heavy atom. The summed E-state index contributed by atoms with van der Waals surface area (Å²) in [6, 6.07) is 0. The summed E-state index contributed by atoms with van der Waals surface area (Å²) >= 11 is 0. The molecule has 0 radical (unpaired) electrons. The summed E-state index contributed by atoms with van der Waals surface area (Å²) in [6.07, 6.45) is 55.9. The Hall–Kier alpha value is -2.03. The number of rotatable bonds is 47. The average Bonchev–Trinajstić information content (AvgIpc) is 3.25. The second-order valence-corrected chi connectivity index (χ2v) is 18.1. The third-order valence-corrected chi connectivity index (χ3v) is 11.6. The number of carbonyl (C=O) groups is 2. The van der Waals surface area contributed by atoms with Crippen LogP contribution in [0.3, 0.4) is 0 Å². The third-order valence-electron chi connectivity index (χ3n) is 10.7. The van der Waals surface area contributed by atoms with E-state index < -0.39 is 32.5 Å². The second-order valence-electron chi connectivity index (χ2n) is 16.7. The molecule has 0 aromatic carbocycles. The minimum atomic E-state index is -4.39. The van der Waals surface area contributed by atoms with E-state index in [1.54, 1.807) is 0 Å². The Morgan fingerprint density at radius 3 is 1.39 bits per heavy atom. The fourth-order valence-corrected chi connectivity index (χ4v) is 7.69. The summed E-state index contributed by atoms with van der Waals surface area (Å²) in [6.45, 7) is 3.68. The monoisotopic (exact) mass is 880 g/mol. The highest BCUT2D eigenvalue weighted by molar-refractivity contribution is 7.47. The number of nitrogens with two attached hydrogens (primary N) is 1. The normalized spacial score (nSPS) is 13.6. The number of hydrogen-bond donors (Lipinski definition) is 2. The van der Waals surface area contributed by atoms with Crippen LogP contribution < -0.4 is 5.73 Å². The van der Waals surface area contributed by atoms with Gasteiger partial charge in [0.2, 0.25) is 0 Å². The number of phosphoric acid groups is 1. The summed E-state index contributed by atoms with van der Waals surface area (Å²) < 4.78 is 32.8. The molecule has 0 saturated carbocycles. The molecule has 0 aliphatic heterocycles. The van der Waals surface area contributed by atoms with Gasteiger partial charge in [0.25, 0.3) is 0 Å². The quantitative estimate of drug-likeness (QED) is 0.0265. The first-order chi connectivity index (χ1) is 29.8. The van der Waals surface area contributed by atoms with E-state index in [-0.39, 0.29) is 32.6 Å². The van der Waals surface area contributed by atoms with Crippen molar-refractivity contribution in [2.75, 3.05) is 26.4 Å². The van der Waals surface area contributed by atoms with Crippen molar-refractivity contribution in [2.24, 2.45) is 5.73 Å². The largest absolute Gasteiger partial charge is 0.472 e. The van der Waals surface area contributed by atoms with Crippen molar-refractivity contribution in [3.05, 3.63) is 48.6 Å². The van der Waals surface area contributed by atoms with Gasteiger partial charge in [0.1, 0.15) is 6.61 Å². The van der Waals surface area contributed by atoms with Crippen LogP contribution in [0.5, 0.6) is 0 Å². The van der Waals surface area contributed by atoms with Crippen LogP contribution in [-0.2, 0) is 32.7 Å². The maximum atomic E-state index is 12.6. The molecule has 0 aromatic heterocycles. The predicted octanol–water partition coefficient (Wildman–Crippen LogP) is 15.1. The molecular weight excluding hydrogens is 786 g/mol. The van der Waals surface area contributed by atoms with Gasteiger partial charge in [-0.25, -0.2) is 4.57 Å². The van der Waals surface area contributed by atoms with E-state index in [0.717, 1.165) is 64.2 Å². The van der Waals surface area contributed by atoms with Crippen molar-refractivity contribution in [3.8, 4) is 0 Å². The molecule has 61 heavy (non-hydrogen) atoms. The van der Waals surface area contributed by atoms with Gasteiger partial charge in [0.05, 0.1) is 13.2 Å². The number of allylic oxidation sites excluding steroid dienone is 8. The molecule has 0 spiro atoms. The van der Waals surface area contributed by atoms with Gasteiger partial charge < -0.3 is 20.1 Å². The third kappa shape index (κ3) is 47.3. The Balaban J connectivity index is 4.12. The van der Waals surface area contributed by atoms with Gasteiger partial charge in [0.15, 0.2) is 6.10 Å². The average molecular weight is 880 g/mol. The highest BCUT2D eigenvalue weighted by atomic mass is 31.2. The molecular formula is C51H94NO8P. The lowest BCUT2D eigenvalue weighted by molar-refractivity contribution is -0.161. The summed E-state index contributed by atoms with van der Waals surface area (Å²) in [5.74, 6) is -0.883. The van der Waals surface area contributed by atoms with Crippen LogP contribution in [0.15, 0.2) is 48.6 Å². The van der Waals surface area contributed by atoms with Gasteiger partial charge in [-0.3, -0.25) is 18.6 Å². The maximum Gasteiger partial charge on any atom is 0.472 e. The lowest BCUT2D eigenvalue weighted by atomic mass is 10.0. The molecule has 10 heteroatoms. The number of esters is 2.